The highest BCUT2D eigenvalue weighted by molar-refractivity contribution is 5.83. The van der Waals surface area contributed by atoms with Crippen LogP contribution >= 0.6 is 0 Å². The number of hydrogen-bond acceptors (Lipinski definition) is 5. The number of amides is 2. The second kappa shape index (κ2) is 12.3. The number of carbonyl (C=O) groups excluding carboxylic acids is 3. The molecule has 0 bridgehead atoms. The highest BCUT2D eigenvalue weighted by Crippen LogP contribution is 2.16. The summed E-state index contributed by atoms with van der Waals surface area (Å²) in [6, 6.07) is 8.81. The van der Waals surface area contributed by atoms with E-state index in [4.69, 9.17) is 9.47 Å². The Bertz CT molecular complexity index is 712. The maximum absolute atomic E-state index is 12.8. The van der Waals surface area contributed by atoms with Gasteiger partial charge in [-0.3, -0.25) is 4.79 Å². The normalized spacial score (nSPS) is 12.3. The fraction of sp³-hybridized carbons (Fsp3) is 0.625. The Morgan fingerprint density at radius 3 is 2.10 bits per heavy atom. The molecule has 1 atom stereocenters. The van der Waals surface area contributed by atoms with E-state index in [1.165, 1.54) is 11.8 Å². The van der Waals surface area contributed by atoms with Gasteiger partial charge in [-0.1, -0.05) is 44.2 Å². The van der Waals surface area contributed by atoms with Gasteiger partial charge in [-0.05, 0) is 45.1 Å². The summed E-state index contributed by atoms with van der Waals surface area (Å²) >= 11 is 0. The molecule has 0 aromatic heterocycles. The topological polar surface area (TPSA) is 76.2 Å². The van der Waals surface area contributed by atoms with E-state index in [1.54, 1.807) is 11.9 Å². The van der Waals surface area contributed by atoms with E-state index < -0.39 is 17.6 Å². The Labute approximate surface area is 186 Å². The highest BCUT2D eigenvalue weighted by Gasteiger charge is 2.32. The van der Waals surface area contributed by atoms with Crippen LogP contribution in [0.2, 0.25) is 0 Å². The summed E-state index contributed by atoms with van der Waals surface area (Å²) in [5.74, 6) is -0.660. The van der Waals surface area contributed by atoms with Crippen LogP contribution in [0.4, 0.5) is 4.79 Å². The molecular formula is C24H38N2O5. The smallest absolute Gasteiger partial charge is 0.410 e. The number of carbonyl (C=O) groups is 3. The molecule has 0 saturated heterocycles. The Hall–Kier alpha value is -2.57. The van der Waals surface area contributed by atoms with Gasteiger partial charge >= 0.3 is 12.1 Å². The monoisotopic (exact) mass is 434 g/mol. The lowest BCUT2D eigenvalue weighted by Gasteiger charge is -2.32. The minimum atomic E-state index is -0.648. The predicted octanol–water partition coefficient (Wildman–Crippen LogP) is 4.25. The van der Waals surface area contributed by atoms with Crippen LogP contribution in [0.3, 0.4) is 0 Å². The highest BCUT2D eigenvalue weighted by atomic mass is 16.6. The van der Waals surface area contributed by atoms with Crippen LogP contribution in [0.15, 0.2) is 30.3 Å². The zero-order valence-electron chi connectivity index (χ0n) is 20.0. The summed E-state index contributed by atoms with van der Waals surface area (Å²) in [5, 5.41) is 0. The third-order valence-corrected chi connectivity index (χ3v) is 4.68. The molecule has 0 radical (unpaired) electrons. The van der Waals surface area contributed by atoms with E-state index in [-0.39, 0.29) is 24.5 Å². The molecule has 0 unspecified atom stereocenters. The minimum Gasteiger partial charge on any atom is -0.459 e. The maximum Gasteiger partial charge on any atom is 0.410 e. The summed E-state index contributed by atoms with van der Waals surface area (Å²) in [5.41, 5.74) is 0.361. The van der Waals surface area contributed by atoms with Gasteiger partial charge in [-0.25, -0.2) is 9.59 Å². The van der Waals surface area contributed by atoms with Gasteiger partial charge in [0.25, 0.3) is 0 Å². The molecule has 0 heterocycles. The Kier molecular flexibility index (Phi) is 10.5. The van der Waals surface area contributed by atoms with Crippen LogP contribution in [0.25, 0.3) is 0 Å². The molecule has 0 fully saturated rings. The molecule has 0 saturated carbocycles. The van der Waals surface area contributed by atoms with Crippen LogP contribution in [0, 0.1) is 5.92 Å². The second-order valence-corrected chi connectivity index (χ2v) is 9.10. The van der Waals surface area contributed by atoms with Crippen molar-refractivity contribution in [2.24, 2.45) is 5.92 Å². The summed E-state index contributed by atoms with van der Waals surface area (Å²) in [6.45, 7) is 11.8. The molecule has 2 amide bonds. The van der Waals surface area contributed by atoms with Crippen LogP contribution in [-0.2, 0) is 25.7 Å². The van der Waals surface area contributed by atoms with Gasteiger partial charge in [0.1, 0.15) is 18.2 Å². The maximum atomic E-state index is 12.8. The van der Waals surface area contributed by atoms with Crippen LogP contribution < -0.4 is 0 Å². The van der Waals surface area contributed by atoms with Gasteiger partial charge in [0, 0.05) is 27.1 Å². The first-order valence-corrected chi connectivity index (χ1v) is 10.8. The Morgan fingerprint density at radius 1 is 1.00 bits per heavy atom. The van der Waals surface area contributed by atoms with E-state index in [1.807, 2.05) is 65.0 Å². The molecule has 1 aromatic rings. The first-order valence-electron chi connectivity index (χ1n) is 10.8. The number of nitrogens with zero attached hydrogens (tertiary/aromatic N) is 2. The summed E-state index contributed by atoms with van der Waals surface area (Å²) in [4.78, 5) is 40.2. The average Bonchev–Trinajstić information content (AvgIpc) is 2.67. The van der Waals surface area contributed by atoms with E-state index in [9.17, 15) is 14.4 Å². The Balaban J connectivity index is 2.62. The van der Waals surface area contributed by atoms with E-state index >= 15 is 0 Å². The number of unbranched alkanes of at least 4 members (excludes halogenated alkanes) is 1. The molecule has 0 N–H and O–H groups in total. The quantitative estimate of drug-likeness (QED) is 0.406. The molecule has 1 rings (SSSR count). The fourth-order valence-corrected chi connectivity index (χ4v) is 3.13. The molecule has 7 nitrogen and oxygen atoms in total. The van der Waals surface area contributed by atoms with Crippen molar-refractivity contribution in [1.82, 2.24) is 9.80 Å². The van der Waals surface area contributed by atoms with Crippen molar-refractivity contribution < 1.29 is 23.9 Å². The molecule has 1 aromatic carbocycles. The van der Waals surface area contributed by atoms with Gasteiger partial charge in [0.05, 0.1) is 0 Å². The van der Waals surface area contributed by atoms with Crippen molar-refractivity contribution >= 4 is 18.0 Å². The third-order valence-electron chi connectivity index (χ3n) is 4.68. The number of esters is 1. The van der Waals surface area contributed by atoms with Crippen molar-refractivity contribution in [1.29, 1.82) is 0 Å². The lowest BCUT2D eigenvalue weighted by molar-refractivity contribution is -0.158. The van der Waals surface area contributed by atoms with Crippen molar-refractivity contribution in [3.63, 3.8) is 0 Å². The van der Waals surface area contributed by atoms with E-state index in [0.717, 1.165) is 5.56 Å². The second-order valence-electron chi connectivity index (χ2n) is 9.10. The molecule has 31 heavy (non-hydrogen) atoms. The van der Waals surface area contributed by atoms with Gasteiger partial charge in [0.2, 0.25) is 5.91 Å². The van der Waals surface area contributed by atoms with E-state index in [2.05, 4.69) is 0 Å². The number of ether oxygens (including phenoxy) is 2. The molecule has 7 heteroatoms. The third kappa shape index (κ3) is 9.85. The molecule has 0 aliphatic rings. The van der Waals surface area contributed by atoms with Gasteiger partial charge in [-0.2, -0.15) is 0 Å². The predicted molar refractivity (Wildman–Crippen MR) is 120 cm³/mol. The first kappa shape index (κ1) is 26.5. The summed E-state index contributed by atoms with van der Waals surface area (Å²) in [7, 11) is 1.69. The minimum absolute atomic E-state index is 0.0865. The fourth-order valence-electron chi connectivity index (χ4n) is 3.13. The SMILES string of the molecule is CC(=O)N(CCCCN(C)C(=O)OC(C)(C)C)[C@H](C(=O)OCc1ccccc1)C(C)C. The van der Waals surface area contributed by atoms with Crippen molar-refractivity contribution in [2.75, 3.05) is 20.1 Å². The standard InChI is InChI=1S/C24H38N2O5/c1-18(2)21(22(28)30-17-20-13-9-8-10-14-20)26(19(3)27)16-12-11-15-25(7)23(29)31-24(4,5)6/h8-10,13-14,18,21H,11-12,15-17H2,1-7H3/t21-/m0/s1. The number of hydrogen-bond donors (Lipinski definition) is 0. The van der Waals surface area contributed by atoms with Crippen LogP contribution in [0.5, 0.6) is 0 Å². The van der Waals surface area contributed by atoms with Crippen LogP contribution in [0.1, 0.15) is 59.9 Å². The lowest BCUT2D eigenvalue weighted by atomic mass is 10.0. The molecule has 0 aliphatic carbocycles. The zero-order chi connectivity index (χ0) is 23.6. The summed E-state index contributed by atoms with van der Waals surface area (Å²) < 4.78 is 10.8. The molecular weight excluding hydrogens is 396 g/mol. The zero-order valence-corrected chi connectivity index (χ0v) is 20.0. The number of rotatable bonds is 10. The lowest BCUT2D eigenvalue weighted by Crippen LogP contribution is -2.48. The summed E-state index contributed by atoms with van der Waals surface area (Å²) in [6.07, 6.45) is 0.964. The largest absolute Gasteiger partial charge is 0.459 e. The Morgan fingerprint density at radius 2 is 1.58 bits per heavy atom. The van der Waals surface area contributed by atoms with E-state index in [0.29, 0.717) is 25.9 Å². The van der Waals surface area contributed by atoms with Crippen LogP contribution in [-0.4, -0.2) is 59.5 Å². The first-order chi connectivity index (χ1) is 14.4. The number of benzene rings is 1. The molecule has 174 valence electrons. The average molecular weight is 435 g/mol. The van der Waals surface area contributed by atoms with Gasteiger partial charge < -0.3 is 19.3 Å². The van der Waals surface area contributed by atoms with Gasteiger partial charge in [0.15, 0.2) is 0 Å². The van der Waals surface area contributed by atoms with Gasteiger partial charge in [-0.15, -0.1) is 0 Å². The molecule has 0 aliphatic heterocycles. The van der Waals surface area contributed by atoms with Crippen molar-refractivity contribution in [2.45, 2.75) is 72.6 Å². The van der Waals surface area contributed by atoms with Crippen molar-refractivity contribution in [3.05, 3.63) is 35.9 Å². The van der Waals surface area contributed by atoms with Crippen molar-refractivity contribution in [3.8, 4) is 0 Å². The molecule has 0 spiro atoms.